The molecule has 2 aromatic rings. The van der Waals surface area contributed by atoms with Crippen molar-refractivity contribution in [2.45, 2.75) is 24.8 Å². The monoisotopic (exact) mass is 374 g/mol. The van der Waals surface area contributed by atoms with Crippen molar-refractivity contribution in [1.29, 1.82) is 0 Å². The summed E-state index contributed by atoms with van der Waals surface area (Å²) in [5.74, 6) is 0. The molecule has 0 saturated carbocycles. The summed E-state index contributed by atoms with van der Waals surface area (Å²) in [6.07, 6.45) is 0. The van der Waals surface area contributed by atoms with Crippen LogP contribution < -0.4 is 10.5 Å². The van der Waals surface area contributed by atoms with Crippen LogP contribution in [0, 0.1) is 6.92 Å². The first-order valence-electron chi connectivity index (χ1n) is 5.91. The van der Waals surface area contributed by atoms with Gasteiger partial charge < -0.3 is 5.32 Å². The predicted molar refractivity (Wildman–Crippen MR) is 86.6 cm³/mol. The van der Waals surface area contributed by atoms with Crippen LogP contribution in [-0.2, 0) is 10.0 Å². The Bertz CT molecular complexity index is 726. The Balaban J connectivity index is 2.29. The number of rotatable bonds is 4. The number of sulfonamides is 1. The number of hydrogen-bond donors (Lipinski definition) is 2. The van der Waals surface area contributed by atoms with Crippen LogP contribution in [-0.4, -0.2) is 8.42 Å². The summed E-state index contributed by atoms with van der Waals surface area (Å²) in [5.41, 5.74) is 1.74. The molecule has 0 bridgehead atoms. The number of nitrogens with two attached hydrogens (primary N) is 1. The molecular formula is C13H15BrN2O2S2. The van der Waals surface area contributed by atoms with Crippen LogP contribution in [0.1, 0.15) is 23.4 Å². The molecule has 1 heterocycles. The second-order valence-corrected chi connectivity index (χ2v) is 7.97. The van der Waals surface area contributed by atoms with Crippen molar-refractivity contribution < 1.29 is 8.42 Å². The molecule has 0 amide bonds. The fraction of sp³-hybridized carbons (Fsp3) is 0.231. The van der Waals surface area contributed by atoms with Gasteiger partial charge in [0.2, 0.25) is 10.0 Å². The third-order valence-corrected chi connectivity index (χ3v) is 5.71. The summed E-state index contributed by atoms with van der Waals surface area (Å²) >= 11 is 5.07. The summed E-state index contributed by atoms with van der Waals surface area (Å²) in [6, 6.07) is 6.97. The van der Waals surface area contributed by atoms with Gasteiger partial charge in [-0.1, -0.05) is 6.07 Å². The lowest BCUT2D eigenvalue weighted by molar-refractivity contribution is 0.598. The van der Waals surface area contributed by atoms with Gasteiger partial charge in [0.1, 0.15) is 0 Å². The van der Waals surface area contributed by atoms with Crippen LogP contribution in [0.5, 0.6) is 0 Å². The van der Waals surface area contributed by atoms with Gasteiger partial charge in [-0.2, -0.15) is 0 Å². The van der Waals surface area contributed by atoms with Gasteiger partial charge in [0.15, 0.2) is 0 Å². The summed E-state index contributed by atoms with van der Waals surface area (Å²) in [4.78, 5) is 1.28. The molecule has 0 radical (unpaired) electrons. The van der Waals surface area contributed by atoms with Gasteiger partial charge in [0.05, 0.1) is 10.9 Å². The molecule has 3 N–H and O–H groups in total. The van der Waals surface area contributed by atoms with Crippen LogP contribution in [0.4, 0.5) is 5.69 Å². The molecule has 0 aliphatic heterocycles. The highest BCUT2D eigenvalue weighted by atomic mass is 79.9. The average Bonchev–Trinajstić information content (AvgIpc) is 2.77. The molecule has 7 heteroatoms. The maximum Gasteiger partial charge on any atom is 0.238 e. The lowest BCUT2D eigenvalue weighted by Gasteiger charge is -2.16. The number of nitrogens with one attached hydrogen (secondary N) is 1. The topological polar surface area (TPSA) is 72.2 Å². The molecule has 20 heavy (non-hydrogen) atoms. The number of anilines is 1. The SMILES string of the molecule is Cc1ccc(S(N)(=O)=O)cc1NC(C)c1cc(Br)cs1. The van der Waals surface area contributed by atoms with Crippen molar-refractivity contribution >= 4 is 43.0 Å². The number of benzene rings is 1. The van der Waals surface area contributed by atoms with Crippen LogP contribution in [0.3, 0.4) is 0 Å². The second kappa shape index (κ2) is 5.85. The molecule has 1 atom stereocenters. The highest BCUT2D eigenvalue weighted by molar-refractivity contribution is 9.10. The smallest absolute Gasteiger partial charge is 0.238 e. The van der Waals surface area contributed by atoms with E-state index < -0.39 is 10.0 Å². The zero-order chi connectivity index (χ0) is 14.9. The first-order chi connectivity index (χ1) is 9.27. The van der Waals surface area contributed by atoms with E-state index in [0.29, 0.717) is 0 Å². The van der Waals surface area contributed by atoms with Crippen LogP contribution in [0.2, 0.25) is 0 Å². The van der Waals surface area contributed by atoms with Crippen molar-refractivity contribution in [2.75, 3.05) is 5.32 Å². The quantitative estimate of drug-likeness (QED) is 0.857. The molecule has 0 aliphatic carbocycles. The van der Waals surface area contributed by atoms with Crippen LogP contribution in [0.15, 0.2) is 39.0 Å². The van der Waals surface area contributed by atoms with E-state index in [1.54, 1.807) is 23.5 Å². The van der Waals surface area contributed by atoms with E-state index in [4.69, 9.17) is 5.14 Å². The van der Waals surface area contributed by atoms with Crippen LogP contribution >= 0.6 is 27.3 Å². The average molecular weight is 375 g/mol. The Morgan fingerprint density at radius 3 is 2.60 bits per heavy atom. The van der Waals surface area contributed by atoms with Gasteiger partial charge in [-0.3, -0.25) is 0 Å². The Kier molecular flexibility index (Phi) is 4.53. The van der Waals surface area contributed by atoms with Crippen molar-refractivity contribution in [1.82, 2.24) is 0 Å². The minimum atomic E-state index is -3.68. The standard InChI is InChI=1S/C13H15BrN2O2S2/c1-8-3-4-11(20(15,17)18)6-12(8)16-9(2)13-5-10(14)7-19-13/h3-7,9,16H,1-2H3,(H2,15,17,18). The highest BCUT2D eigenvalue weighted by Crippen LogP contribution is 2.29. The van der Waals surface area contributed by atoms with Gasteiger partial charge in [0.25, 0.3) is 0 Å². The highest BCUT2D eigenvalue weighted by Gasteiger charge is 2.13. The van der Waals surface area contributed by atoms with Gasteiger partial charge >= 0.3 is 0 Å². The van der Waals surface area contributed by atoms with E-state index in [9.17, 15) is 8.42 Å². The minimum Gasteiger partial charge on any atom is -0.377 e. The van der Waals surface area contributed by atoms with Gasteiger partial charge in [-0.15, -0.1) is 11.3 Å². The normalized spacial score (nSPS) is 13.2. The summed E-state index contributed by atoms with van der Waals surface area (Å²) in [6.45, 7) is 3.95. The molecule has 1 aromatic carbocycles. The van der Waals surface area contributed by atoms with E-state index in [0.717, 1.165) is 20.6 Å². The van der Waals surface area contributed by atoms with Gasteiger partial charge in [-0.25, -0.2) is 13.6 Å². The zero-order valence-corrected chi connectivity index (χ0v) is 14.3. The number of aryl methyl sites for hydroxylation is 1. The summed E-state index contributed by atoms with van der Waals surface area (Å²) in [5, 5.41) is 10.5. The maximum absolute atomic E-state index is 11.4. The Hall–Kier alpha value is -0.890. The third-order valence-electron chi connectivity index (χ3n) is 2.92. The molecule has 0 aliphatic rings. The fourth-order valence-electron chi connectivity index (χ4n) is 1.79. The molecule has 1 unspecified atom stereocenters. The first kappa shape index (κ1) is 15.5. The number of primary sulfonamides is 1. The second-order valence-electron chi connectivity index (χ2n) is 4.56. The number of halogens is 1. The zero-order valence-electron chi connectivity index (χ0n) is 11.1. The minimum absolute atomic E-state index is 0.0840. The van der Waals surface area contributed by atoms with Gasteiger partial charge in [-0.05, 0) is 53.5 Å². The molecule has 0 fully saturated rings. The first-order valence-corrected chi connectivity index (χ1v) is 9.13. The van der Waals surface area contributed by atoms with E-state index in [-0.39, 0.29) is 10.9 Å². The molecule has 1 aromatic heterocycles. The molecule has 108 valence electrons. The van der Waals surface area contributed by atoms with Gasteiger partial charge in [0, 0.05) is 20.4 Å². The van der Waals surface area contributed by atoms with E-state index >= 15 is 0 Å². The van der Waals surface area contributed by atoms with Crippen molar-refractivity contribution in [3.05, 3.63) is 44.6 Å². The molecule has 4 nitrogen and oxygen atoms in total. The number of thiophene rings is 1. The van der Waals surface area contributed by atoms with E-state index in [1.165, 1.54) is 6.07 Å². The lowest BCUT2D eigenvalue weighted by atomic mass is 10.1. The van der Waals surface area contributed by atoms with Crippen molar-refractivity contribution in [2.24, 2.45) is 5.14 Å². The van der Waals surface area contributed by atoms with Crippen molar-refractivity contribution in [3.8, 4) is 0 Å². The Morgan fingerprint density at radius 2 is 2.05 bits per heavy atom. The third kappa shape index (κ3) is 3.60. The maximum atomic E-state index is 11.4. The lowest BCUT2D eigenvalue weighted by Crippen LogP contribution is -2.13. The molecular weight excluding hydrogens is 360 g/mol. The van der Waals surface area contributed by atoms with Crippen molar-refractivity contribution in [3.63, 3.8) is 0 Å². The molecule has 0 saturated heterocycles. The molecule has 2 rings (SSSR count). The largest absolute Gasteiger partial charge is 0.377 e. The van der Waals surface area contributed by atoms with Crippen LogP contribution in [0.25, 0.3) is 0 Å². The Labute approximate surface area is 131 Å². The van der Waals surface area contributed by atoms with E-state index in [2.05, 4.69) is 21.2 Å². The molecule has 0 spiro atoms. The fourth-order valence-corrected chi connectivity index (χ4v) is 3.79. The van der Waals surface area contributed by atoms with E-state index in [1.807, 2.05) is 25.3 Å². The number of hydrogen-bond acceptors (Lipinski definition) is 4. The summed E-state index contributed by atoms with van der Waals surface area (Å²) < 4.78 is 23.8. The predicted octanol–water partition coefficient (Wildman–Crippen LogP) is 3.64. The Morgan fingerprint density at radius 1 is 1.35 bits per heavy atom. The summed E-state index contributed by atoms with van der Waals surface area (Å²) in [7, 11) is -3.68.